The molecule has 1 aliphatic rings. The topological polar surface area (TPSA) is 85.1 Å². The molecule has 2 aromatic carbocycles. The Labute approximate surface area is 158 Å². The minimum atomic E-state index is -3.63. The van der Waals surface area contributed by atoms with E-state index in [4.69, 9.17) is 4.42 Å². The molecule has 0 amide bonds. The first-order valence-corrected chi connectivity index (χ1v) is 10.5. The molecule has 0 bridgehead atoms. The lowest BCUT2D eigenvalue weighted by Crippen LogP contribution is -2.23. The zero-order valence-corrected chi connectivity index (χ0v) is 15.9. The Balaban J connectivity index is 1.47. The number of hydrogen-bond acceptors (Lipinski definition) is 5. The van der Waals surface area contributed by atoms with Gasteiger partial charge in [0, 0.05) is 5.56 Å². The molecule has 7 heteroatoms. The van der Waals surface area contributed by atoms with Gasteiger partial charge in [-0.15, -0.1) is 10.2 Å². The number of nitrogens with one attached hydrogen (secondary N) is 1. The van der Waals surface area contributed by atoms with E-state index < -0.39 is 10.0 Å². The summed E-state index contributed by atoms with van der Waals surface area (Å²) >= 11 is 0. The number of benzene rings is 2. The molecular formula is C20H21N3O3S. The second kappa shape index (κ2) is 7.25. The summed E-state index contributed by atoms with van der Waals surface area (Å²) in [6.45, 7) is 1.96. The van der Waals surface area contributed by atoms with Crippen molar-refractivity contribution in [3.63, 3.8) is 0 Å². The molecule has 140 valence electrons. The van der Waals surface area contributed by atoms with E-state index in [0.717, 1.165) is 42.4 Å². The SMILES string of the molecule is Cc1ccc(-c2nnc(CNS(=O)(=O)c3ccc4c(c3)CCCC4)o2)cc1. The standard InChI is InChI=1S/C20H21N3O3S/c1-14-6-8-16(9-7-14)20-23-22-19(26-20)13-21-27(24,25)18-11-10-15-4-2-3-5-17(15)12-18/h6-12,21H,2-5,13H2,1H3. The lowest BCUT2D eigenvalue weighted by Gasteiger charge is -2.16. The van der Waals surface area contributed by atoms with E-state index in [1.807, 2.05) is 37.3 Å². The van der Waals surface area contributed by atoms with Crippen molar-refractivity contribution in [2.75, 3.05) is 0 Å². The zero-order valence-electron chi connectivity index (χ0n) is 15.1. The molecule has 0 aliphatic heterocycles. The molecule has 0 saturated carbocycles. The van der Waals surface area contributed by atoms with Crippen LogP contribution in [0, 0.1) is 6.92 Å². The first-order chi connectivity index (χ1) is 13.0. The van der Waals surface area contributed by atoms with E-state index in [9.17, 15) is 8.42 Å². The van der Waals surface area contributed by atoms with Crippen molar-refractivity contribution in [2.24, 2.45) is 0 Å². The third-order valence-electron chi connectivity index (χ3n) is 4.81. The van der Waals surface area contributed by atoms with Crippen LogP contribution in [0.1, 0.15) is 35.4 Å². The Hall–Kier alpha value is -2.51. The Kier molecular flexibility index (Phi) is 4.80. The number of nitrogens with zero attached hydrogens (tertiary/aromatic N) is 2. The highest BCUT2D eigenvalue weighted by molar-refractivity contribution is 7.89. The maximum absolute atomic E-state index is 12.6. The highest BCUT2D eigenvalue weighted by Crippen LogP contribution is 2.24. The number of fused-ring (bicyclic) bond motifs is 1. The van der Waals surface area contributed by atoms with Crippen LogP contribution in [0.15, 0.2) is 51.8 Å². The normalized spacial score (nSPS) is 14.1. The van der Waals surface area contributed by atoms with Gasteiger partial charge in [0.05, 0.1) is 11.4 Å². The van der Waals surface area contributed by atoms with Gasteiger partial charge in [0.1, 0.15) is 0 Å². The quantitative estimate of drug-likeness (QED) is 0.730. The maximum Gasteiger partial charge on any atom is 0.247 e. The third-order valence-corrected chi connectivity index (χ3v) is 6.21. The fraction of sp³-hybridized carbons (Fsp3) is 0.300. The van der Waals surface area contributed by atoms with Gasteiger partial charge in [-0.2, -0.15) is 0 Å². The van der Waals surface area contributed by atoms with E-state index in [1.165, 1.54) is 5.56 Å². The van der Waals surface area contributed by atoms with E-state index in [-0.39, 0.29) is 17.3 Å². The van der Waals surface area contributed by atoms with Crippen molar-refractivity contribution in [1.82, 2.24) is 14.9 Å². The molecule has 1 heterocycles. The molecule has 1 aromatic heterocycles. The molecule has 0 unspecified atom stereocenters. The summed E-state index contributed by atoms with van der Waals surface area (Å²) in [5.41, 5.74) is 4.32. The van der Waals surface area contributed by atoms with Gasteiger partial charge in [-0.25, -0.2) is 13.1 Å². The van der Waals surface area contributed by atoms with Crippen LogP contribution in [0.5, 0.6) is 0 Å². The van der Waals surface area contributed by atoms with Gasteiger partial charge >= 0.3 is 0 Å². The van der Waals surface area contributed by atoms with E-state index in [2.05, 4.69) is 14.9 Å². The number of aromatic nitrogens is 2. The minimum absolute atomic E-state index is 0.0434. The highest BCUT2D eigenvalue weighted by Gasteiger charge is 2.19. The predicted molar refractivity (Wildman–Crippen MR) is 102 cm³/mol. The predicted octanol–water partition coefficient (Wildman–Crippen LogP) is 3.40. The number of rotatable bonds is 5. The Bertz CT molecular complexity index is 1060. The second-order valence-electron chi connectivity index (χ2n) is 6.83. The van der Waals surface area contributed by atoms with E-state index in [1.54, 1.807) is 12.1 Å². The fourth-order valence-corrected chi connectivity index (χ4v) is 4.28. The number of sulfonamides is 1. The molecule has 0 saturated heterocycles. The Morgan fingerprint density at radius 3 is 2.52 bits per heavy atom. The molecule has 0 fully saturated rings. The van der Waals surface area contributed by atoms with Crippen molar-refractivity contribution in [1.29, 1.82) is 0 Å². The van der Waals surface area contributed by atoms with Crippen LogP contribution in [-0.2, 0) is 29.4 Å². The van der Waals surface area contributed by atoms with Crippen LogP contribution in [0.2, 0.25) is 0 Å². The lowest BCUT2D eigenvalue weighted by atomic mass is 9.92. The molecule has 0 atom stereocenters. The van der Waals surface area contributed by atoms with Crippen molar-refractivity contribution in [2.45, 2.75) is 44.0 Å². The molecule has 6 nitrogen and oxygen atoms in total. The van der Waals surface area contributed by atoms with Crippen molar-refractivity contribution in [3.05, 3.63) is 65.0 Å². The average molecular weight is 383 g/mol. The van der Waals surface area contributed by atoms with Gasteiger partial charge in [0.15, 0.2) is 0 Å². The van der Waals surface area contributed by atoms with Gasteiger partial charge in [0.25, 0.3) is 0 Å². The molecule has 27 heavy (non-hydrogen) atoms. The first-order valence-electron chi connectivity index (χ1n) is 9.02. The summed E-state index contributed by atoms with van der Waals surface area (Å²) in [5.74, 6) is 0.602. The largest absolute Gasteiger partial charge is 0.419 e. The Morgan fingerprint density at radius 1 is 1.00 bits per heavy atom. The second-order valence-corrected chi connectivity index (χ2v) is 8.60. The minimum Gasteiger partial charge on any atom is -0.419 e. The number of aryl methyl sites for hydroxylation is 3. The summed E-state index contributed by atoms with van der Waals surface area (Å²) in [5, 5.41) is 7.93. The van der Waals surface area contributed by atoms with Gasteiger partial charge in [-0.3, -0.25) is 0 Å². The van der Waals surface area contributed by atoms with Crippen molar-refractivity contribution < 1.29 is 12.8 Å². The van der Waals surface area contributed by atoms with Crippen LogP contribution >= 0.6 is 0 Å². The molecule has 1 aliphatic carbocycles. The average Bonchev–Trinajstić information content (AvgIpc) is 3.16. The van der Waals surface area contributed by atoms with Gasteiger partial charge in [0.2, 0.25) is 21.8 Å². The molecule has 0 spiro atoms. The van der Waals surface area contributed by atoms with Gasteiger partial charge < -0.3 is 4.42 Å². The van der Waals surface area contributed by atoms with E-state index >= 15 is 0 Å². The van der Waals surface area contributed by atoms with Gasteiger partial charge in [-0.1, -0.05) is 23.8 Å². The summed E-state index contributed by atoms with van der Waals surface area (Å²) in [6, 6.07) is 13.1. The monoisotopic (exact) mass is 383 g/mol. The highest BCUT2D eigenvalue weighted by atomic mass is 32.2. The van der Waals surface area contributed by atoms with Crippen LogP contribution < -0.4 is 4.72 Å². The molecular weight excluding hydrogens is 362 g/mol. The van der Waals surface area contributed by atoms with Crippen molar-refractivity contribution in [3.8, 4) is 11.5 Å². The molecule has 1 N–H and O–H groups in total. The summed E-state index contributed by atoms with van der Waals surface area (Å²) < 4.78 is 33.3. The fourth-order valence-electron chi connectivity index (χ4n) is 3.25. The van der Waals surface area contributed by atoms with Crippen molar-refractivity contribution >= 4 is 10.0 Å². The smallest absolute Gasteiger partial charge is 0.247 e. The zero-order chi connectivity index (χ0) is 18.9. The van der Waals surface area contributed by atoms with Crippen LogP contribution in [-0.4, -0.2) is 18.6 Å². The Morgan fingerprint density at radius 2 is 1.74 bits per heavy atom. The summed E-state index contributed by atoms with van der Waals surface area (Å²) in [7, 11) is -3.63. The van der Waals surface area contributed by atoms with Crippen LogP contribution in [0.25, 0.3) is 11.5 Å². The third kappa shape index (κ3) is 3.94. The van der Waals surface area contributed by atoms with E-state index in [0.29, 0.717) is 5.89 Å². The summed E-state index contributed by atoms with van der Waals surface area (Å²) in [6.07, 6.45) is 4.22. The number of hydrogen-bond donors (Lipinski definition) is 1. The lowest BCUT2D eigenvalue weighted by molar-refractivity contribution is 0.494. The molecule has 4 rings (SSSR count). The first kappa shape index (κ1) is 17.9. The summed E-state index contributed by atoms with van der Waals surface area (Å²) in [4.78, 5) is 0.279. The van der Waals surface area contributed by atoms with Gasteiger partial charge in [-0.05, 0) is 68.0 Å². The molecule has 0 radical (unpaired) electrons. The maximum atomic E-state index is 12.6. The van der Waals surface area contributed by atoms with Crippen LogP contribution in [0.4, 0.5) is 0 Å². The van der Waals surface area contributed by atoms with Crippen LogP contribution in [0.3, 0.4) is 0 Å². The molecule has 3 aromatic rings.